The number of fused-ring (bicyclic) bond motifs is 1. The fourth-order valence-electron chi connectivity index (χ4n) is 2.90. The quantitative estimate of drug-likeness (QED) is 0.883. The molecule has 1 N–H and O–H groups in total. The zero-order valence-corrected chi connectivity index (χ0v) is 11.1. The molecule has 1 unspecified atom stereocenters. The molecule has 3 heteroatoms. The Bertz CT molecular complexity index is 413. The van der Waals surface area contributed by atoms with E-state index in [9.17, 15) is 0 Å². The second kappa shape index (κ2) is 5.39. The molecule has 1 aromatic rings. The average molecular weight is 246 g/mol. The Morgan fingerprint density at radius 2 is 1.94 bits per heavy atom. The molecule has 98 valence electrons. The molecule has 0 radical (unpaired) electrons. The van der Waals surface area contributed by atoms with Crippen LogP contribution in [0.5, 0.6) is 0 Å². The van der Waals surface area contributed by atoms with Gasteiger partial charge in [-0.2, -0.15) is 0 Å². The summed E-state index contributed by atoms with van der Waals surface area (Å²) in [6.07, 6.45) is 3.85. The van der Waals surface area contributed by atoms with Crippen molar-refractivity contribution in [3.63, 3.8) is 0 Å². The lowest BCUT2D eigenvalue weighted by molar-refractivity contribution is 0.00484. The van der Waals surface area contributed by atoms with E-state index >= 15 is 0 Å². The maximum Gasteiger partial charge on any atom is 0.0608 e. The van der Waals surface area contributed by atoms with E-state index in [0.717, 1.165) is 26.3 Å². The molecule has 0 bridgehead atoms. The number of nitrogens with zero attached hydrogens (tertiary/aromatic N) is 1. The van der Waals surface area contributed by atoms with Crippen molar-refractivity contribution >= 4 is 0 Å². The van der Waals surface area contributed by atoms with Gasteiger partial charge in [0.1, 0.15) is 0 Å². The molecule has 3 rings (SSSR count). The molecule has 1 aliphatic heterocycles. The van der Waals surface area contributed by atoms with Gasteiger partial charge in [-0.3, -0.25) is 0 Å². The van der Waals surface area contributed by atoms with Gasteiger partial charge in [-0.25, -0.2) is 10.4 Å². The molecular formula is C15H22N2O. The van der Waals surface area contributed by atoms with Crippen LogP contribution in [-0.4, -0.2) is 31.3 Å². The predicted molar refractivity (Wildman–Crippen MR) is 72.4 cm³/mol. The summed E-state index contributed by atoms with van der Waals surface area (Å²) < 4.78 is 5.37. The summed E-state index contributed by atoms with van der Waals surface area (Å²) in [4.78, 5) is 0. The van der Waals surface area contributed by atoms with E-state index in [1.807, 2.05) is 0 Å². The lowest BCUT2D eigenvalue weighted by Gasteiger charge is -2.30. The van der Waals surface area contributed by atoms with Crippen molar-refractivity contribution in [3.05, 3.63) is 34.9 Å². The molecule has 1 atom stereocenters. The maximum absolute atomic E-state index is 5.37. The minimum atomic E-state index is 0.383. The van der Waals surface area contributed by atoms with Crippen molar-refractivity contribution in [3.8, 4) is 0 Å². The van der Waals surface area contributed by atoms with E-state index in [0.29, 0.717) is 6.04 Å². The van der Waals surface area contributed by atoms with Crippen LogP contribution in [0.4, 0.5) is 0 Å². The fourth-order valence-corrected chi connectivity index (χ4v) is 2.90. The molecular weight excluding hydrogens is 224 g/mol. The highest BCUT2D eigenvalue weighted by atomic mass is 16.5. The van der Waals surface area contributed by atoms with Crippen LogP contribution in [0.2, 0.25) is 0 Å². The largest absolute Gasteiger partial charge is 0.379 e. The zero-order valence-electron chi connectivity index (χ0n) is 11.1. The van der Waals surface area contributed by atoms with Gasteiger partial charge in [-0.15, -0.1) is 0 Å². The molecule has 1 heterocycles. The Hall–Kier alpha value is -0.900. The van der Waals surface area contributed by atoms with Gasteiger partial charge in [0, 0.05) is 19.1 Å². The van der Waals surface area contributed by atoms with Gasteiger partial charge in [0.05, 0.1) is 13.2 Å². The molecule has 1 aliphatic carbocycles. The Balaban J connectivity index is 1.66. The monoisotopic (exact) mass is 246 g/mol. The van der Waals surface area contributed by atoms with Gasteiger partial charge in [0.15, 0.2) is 0 Å². The lowest BCUT2D eigenvalue weighted by atomic mass is 10.0. The standard InChI is InChI=1S/C15H22N2O/c1-12(16-17-7-9-18-10-8-17)14-6-5-13-3-2-4-15(13)11-14/h5-6,11-12,16H,2-4,7-10H2,1H3. The number of hydrazine groups is 1. The topological polar surface area (TPSA) is 24.5 Å². The van der Waals surface area contributed by atoms with Crippen molar-refractivity contribution < 1.29 is 4.74 Å². The third-order valence-electron chi connectivity index (χ3n) is 4.01. The van der Waals surface area contributed by atoms with Crippen LogP contribution < -0.4 is 5.43 Å². The van der Waals surface area contributed by atoms with Crippen molar-refractivity contribution in [2.75, 3.05) is 26.3 Å². The number of aryl methyl sites for hydroxylation is 2. The summed E-state index contributed by atoms with van der Waals surface area (Å²) in [5, 5.41) is 2.28. The van der Waals surface area contributed by atoms with E-state index in [-0.39, 0.29) is 0 Å². The van der Waals surface area contributed by atoms with Crippen molar-refractivity contribution in [1.82, 2.24) is 10.4 Å². The number of rotatable bonds is 3. The highest BCUT2D eigenvalue weighted by Crippen LogP contribution is 2.25. The van der Waals surface area contributed by atoms with E-state index < -0.39 is 0 Å². The van der Waals surface area contributed by atoms with Crippen LogP contribution in [0, 0.1) is 0 Å². The minimum absolute atomic E-state index is 0.383. The Kier molecular flexibility index (Phi) is 3.64. The van der Waals surface area contributed by atoms with E-state index in [1.165, 1.54) is 24.8 Å². The SMILES string of the molecule is CC(NN1CCOCC1)c1ccc2c(c1)CCC2. The highest BCUT2D eigenvalue weighted by molar-refractivity contribution is 5.36. The summed E-state index contributed by atoms with van der Waals surface area (Å²) in [5.41, 5.74) is 8.10. The zero-order chi connectivity index (χ0) is 12.4. The van der Waals surface area contributed by atoms with Crippen LogP contribution in [-0.2, 0) is 17.6 Å². The van der Waals surface area contributed by atoms with Gasteiger partial charge < -0.3 is 4.74 Å². The molecule has 1 fully saturated rings. The average Bonchev–Trinajstić information content (AvgIpc) is 2.87. The molecule has 0 aromatic heterocycles. The first-order chi connectivity index (χ1) is 8.83. The van der Waals surface area contributed by atoms with E-state index in [4.69, 9.17) is 4.74 Å². The first kappa shape index (κ1) is 12.2. The van der Waals surface area contributed by atoms with Crippen molar-refractivity contribution in [1.29, 1.82) is 0 Å². The van der Waals surface area contributed by atoms with Crippen LogP contribution in [0.15, 0.2) is 18.2 Å². The van der Waals surface area contributed by atoms with Gasteiger partial charge in [-0.1, -0.05) is 18.2 Å². The fraction of sp³-hybridized carbons (Fsp3) is 0.600. The maximum atomic E-state index is 5.37. The number of hydrogen-bond donors (Lipinski definition) is 1. The summed E-state index contributed by atoms with van der Waals surface area (Å²) in [6, 6.07) is 7.37. The number of hydrogen-bond acceptors (Lipinski definition) is 3. The summed E-state index contributed by atoms with van der Waals surface area (Å²) in [5.74, 6) is 0. The van der Waals surface area contributed by atoms with Gasteiger partial charge >= 0.3 is 0 Å². The van der Waals surface area contributed by atoms with Gasteiger partial charge in [0.2, 0.25) is 0 Å². The Labute approximate surface area is 109 Å². The second-order valence-corrected chi connectivity index (χ2v) is 5.33. The van der Waals surface area contributed by atoms with E-state index in [2.05, 4.69) is 35.6 Å². The molecule has 2 aliphatic rings. The van der Waals surface area contributed by atoms with Crippen LogP contribution >= 0.6 is 0 Å². The van der Waals surface area contributed by atoms with Crippen molar-refractivity contribution in [2.24, 2.45) is 0 Å². The third-order valence-corrected chi connectivity index (χ3v) is 4.01. The van der Waals surface area contributed by atoms with Crippen LogP contribution in [0.1, 0.15) is 36.1 Å². The molecule has 0 spiro atoms. The molecule has 0 saturated carbocycles. The normalized spacial score (nSPS) is 21.8. The van der Waals surface area contributed by atoms with E-state index in [1.54, 1.807) is 11.1 Å². The Morgan fingerprint density at radius 1 is 1.17 bits per heavy atom. The van der Waals surface area contributed by atoms with Gasteiger partial charge in [-0.05, 0) is 42.9 Å². The van der Waals surface area contributed by atoms with Crippen LogP contribution in [0.3, 0.4) is 0 Å². The first-order valence-corrected chi connectivity index (χ1v) is 7.03. The number of benzene rings is 1. The molecule has 1 aromatic carbocycles. The summed E-state index contributed by atoms with van der Waals surface area (Å²) in [7, 11) is 0. The smallest absolute Gasteiger partial charge is 0.0608 e. The Morgan fingerprint density at radius 3 is 2.78 bits per heavy atom. The minimum Gasteiger partial charge on any atom is -0.379 e. The summed E-state index contributed by atoms with van der Waals surface area (Å²) >= 11 is 0. The number of ether oxygens (including phenoxy) is 1. The lowest BCUT2D eigenvalue weighted by Crippen LogP contribution is -2.46. The molecule has 1 saturated heterocycles. The molecule has 0 amide bonds. The summed E-state index contributed by atoms with van der Waals surface area (Å²) in [6.45, 7) is 5.88. The highest BCUT2D eigenvalue weighted by Gasteiger charge is 2.16. The second-order valence-electron chi connectivity index (χ2n) is 5.33. The number of nitrogens with one attached hydrogen (secondary N) is 1. The first-order valence-electron chi connectivity index (χ1n) is 7.03. The van der Waals surface area contributed by atoms with Gasteiger partial charge in [0.25, 0.3) is 0 Å². The van der Waals surface area contributed by atoms with Crippen molar-refractivity contribution in [2.45, 2.75) is 32.2 Å². The predicted octanol–water partition coefficient (Wildman–Crippen LogP) is 2.07. The molecule has 3 nitrogen and oxygen atoms in total. The van der Waals surface area contributed by atoms with Crippen LogP contribution in [0.25, 0.3) is 0 Å². The molecule has 18 heavy (non-hydrogen) atoms. The third kappa shape index (κ3) is 2.58. The number of morpholine rings is 1.